The molecule has 2 rings (SSSR count). The topological polar surface area (TPSA) is 90.5 Å². The van der Waals surface area contributed by atoms with Crippen molar-refractivity contribution in [1.29, 1.82) is 0 Å². The molecule has 0 unspecified atom stereocenters. The van der Waals surface area contributed by atoms with Crippen molar-refractivity contribution in [1.82, 2.24) is 9.29 Å². The van der Waals surface area contributed by atoms with E-state index in [1.54, 1.807) is 0 Å². The molecule has 0 radical (unpaired) electrons. The first-order chi connectivity index (χ1) is 8.55. The van der Waals surface area contributed by atoms with Crippen LogP contribution in [0.5, 0.6) is 0 Å². The highest BCUT2D eigenvalue weighted by molar-refractivity contribution is 7.89. The molecular weight excluding hydrogens is 256 g/mol. The summed E-state index contributed by atoms with van der Waals surface area (Å²) >= 11 is 0. The van der Waals surface area contributed by atoms with Gasteiger partial charge >= 0.3 is 0 Å². The lowest BCUT2D eigenvalue weighted by Gasteiger charge is -2.36. The minimum atomic E-state index is -3.64. The largest absolute Gasteiger partial charge is 0.395 e. The van der Waals surface area contributed by atoms with Crippen molar-refractivity contribution >= 4 is 10.0 Å². The molecule has 0 bridgehead atoms. The van der Waals surface area contributed by atoms with Crippen LogP contribution in [0.15, 0.2) is 28.0 Å². The first-order valence-electron chi connectivity index (χ1n) is 5.87. The maximum absolute atomic E-state index is 12.4. The second kappa shape index (κ2) is 5.21. The number of aliphatic hydroxyl groups is 1. The monoisotopic (exact) mass is 272 g/mol. The van der Waals surface area contributed by atoms with E-state index in [2.05, 4.69) is 4.98 Å². The molecule has 1 aromatic rings. The lowest BCUT2D eigenvalue weighted by atomic mass is 9.93. The molecule has 18 heavy (non-hydrogen) atoms. The van der Waals surface area contributed by atoms with Crippen molar-refractivity contribution in [3.8, 4) is 0 Å². The summed E-state index contributed by atoms with van der Waals surface area (Å²) in [5.41, 5.74) is -0.341. The van der Waals surface area contributed by atoms with Crippen molar-refractivity contribution in [3.63, 3.8) is 0 Å². The van der Waals surface area contributed by atoms with Crippen LogP contribution in [0.4, 0.5) is 0 Å². The molecule has 1 fully saturated rings. The maximum atomic E-state index is 12.4. The number of pyridine rings is 1. The zero-order chi connectivity index (χ0) is 13.2. The predicted octanol–water partition coefficient (Wildman–Crippen LogP) is -0.0896. The number of aromatic amines is 1. The number of hydrogen-bond acceptors (Lipinski definition) is 4. The zero-order valence-electron chi connectivity index (χ0n) is 9.87. The molecule has 0 spiro atoms. The van der Waals surface area contributed by atoms with Gasteiger partial charge in [-0.3, -0.25) is 4.79 Å². The summed E-state index contributed by atoms with van der Waals surface area (Å²) < 4.78 is 26.0. The van der Waals surface area contributed by atoms with Crippen LogP contribution >= 0.6 is 0 Å². The minimum Gasteiger partial charge on any atom is -0.395 e. The van der Waals surface area contributed by atoms with Crippen molar-refractivity contribution in [3.05, 3.63) is 28.7 Å². The number of hydrogen-bond donors (Lipinski definition) is 2. The van der Waals surface area contributed by atoms with E-state index >= 15 is 0 Å². The van der Waals surface area contributed by atoms with E-state index in [4.69, 9.17) is 5.11 Å². The van der Waals surface area contributed by atoms with Gasteiger partial charge in [-0.1, -0.05) is 6.42 Å². The quantitative estimate of drug-likeness (QED) is 0.784. The lowest BCUT2D eigenvalue weighted by Crippen LogP contribution is -2.45. The van der Waals surface area contributed by atoms with Gasteiger partial charge < -0.3 is 10.1 Å². The molecule has 1 heterocycles. The van der Waals surface area contributed by atoms with Crippen LogP contribution < -0.4 is 5.56 Å². The van der Waals surface area contributed by atoms with Crippen molar-refractivity contribution in [2.45, 2.75) is 30.2 Å². The van der Waals surface area contributed by atoms with Crippen LogP contribution in [0.1, 0.15) is 19.3 Å². The number of rotatable bonds is 5. The Kier molecular flexibility index (Phi) is 3.84. The average molecular weight is 272 g/mol. The van der Waals surface area contributed by atoms with E-state index in [0.717, 1.165) is 19.3 Å². The number of aromatic nitrogens is 1. The van der Waals surface area contributed by atoms with E-state index in [1.165, 1.54) is 22.6 Å². The highest BCUT2D eigenvalue weighted by atomic mass is 32.2. The summed E-state index contributed by atoms with van der Waals surface area (Å²) in [6.07, 6.45) is 3.85. The molecule has 1 aromatic heterocycles. The maximum Gasteiger partial charge on any atom is 0.247 e. The highest BCUT2D eigenvalue weighted by Crippen LogP contribution is 2.29. The van der Waals surface area contributed by atoms with E-state index in [1.807, 2.05) is 0 Å². The Morgan fingerprint density at radius 3 is 2.56 bits per heavy atom. The van der Waals surface area contributed by atoms with Gasteiger partial charge in [-0.25, -0.2) is 8.42 Å². The minimum absolute atomic E-state index is 0.0333. The normalized spacial score (nSPS) is 16.8. The van der Waals surface area contributed by atoms with Crippen LogP contribution in [-0.4, -0.2) is 42.0 Å². The smallest absolute Gasteiger partial charge is 0.247 e. The fourth-order valence-electron chi connectivity index (χ4n) is 1.96. The Morgan fingerprint density at radius 2 is 2.11 bits per heavy atom. The van der Waals surface area contributed by atoms with Gasteiger partial charge in [0.15, 0.2) is 0 Å². The van der Waals surface area contributed by atoms with Gasteiger partial charge in [-0.05, 0) is 18.9 Å². The molecule has 100 valence electrons. The van der Waals surface area contributed by atoms with E-state index in [0.29, 0.717) is 0 Å². The van der Waals surface area contributed by atoms with Gasteiger partial charge in [0.05, 0.1) is 11.5 Å². The summed E-state index contributed by atoms with van der Waals surface area (Å²) in [5.74, 6) is 0. The number of H-pyrrole nitrogens is 1. The molecule has 1 saturated carbocycles. The second-order valence-electron chi connectivity index (χ2n) is 4.31. The first-order valence-corrected chi connectivity index (χ1v) is 7.31. The molecule has 0 aliphatic heterocycles. The molecule has 6 nitrogen and oxygen atoms in total. The van der Waals surface area contributed by atoms with Crippen LogP contribution in [-0.2, 0) is 10.0 Å². The molecular formula is C11H16N2O4S. The van der Waals surface area contributed by atoms with Crippen molar-refractivity contribution in [2.24, 2.45) is 0 Å². The third-order valence-electron chi connectivity index (χ3n) is 3.16. The van der Waals surface area contributed by atoms with Crippen LogP contribution in [0.2, 0.25) is 0 Å². The molecule has 1 aliphatic rings. The van der Waals surface area contributed by atoms with Crippen LogP contribution in [0.3, 0.4) is 0 Å². The molecule has 2 N–H and O–H groups in total. The SMILES string of the molecule is O=c1ccc(S(=O)(=O)N(CCO)C2CCC2)c[nH]1. The van der Waals surface area contributed by atoms with Gasteiger partial charge in [0.25, 0.3) is 0 Å². The number of nitrogens with one attached hydrogen (secondary N) is 1. The summed E-state index contributed by atoms with van der Waals surface area (Å²) in [6, 6.07) is 2.44. The number of sulfonamides is 1. The molecule has 0 atom stereocenters. The Hall–Kier alpha value is -1.18. The third kappa shape index (κ3) is 2.47. The van der Waals surface area contributed by atoms with Crippen molar-refractivity contribution in [2.75, 3.05) is 13.2 Å². The van der Waals surface area contributed by atoms with E-state index < -0.39 is 10.0 Å². The van der Waals surface area contributed by atoms with Crippen LogP contribution in [0, 0.1) is 0 Å². The highest BCUT2D eigenvalue weighted by Gasteiger charge is 2.34. The lowest BCUT2D eigenvalue weighted by molar-refractivity contribution is 0.178. The fourth-order valence-corrected chi connectivity index (χ4v) is 3.61. The Balaban J connectivity index is 2.32. The molecule has 0 aromatic carbocycles. The number of nitrogens with zero attached hydrogens (tertiary/aromatic N) is 1. The van der Waals surface area contributed by atoms with Crippen molar-refractivity contribution < 1.29 is 13.5 Å². The van der Waals surface area contributed by atoms with Gasteiger partial charge in [-0.2, -0.15) is 4.31 Å². The third-order valence-corrected chi connectivity index (χ3v) is 5.11. The standard InChI is InChI=1S/C11H16N2O4S/c14-7-6-13(9-2-1-3-9)18(16,17)10-4-5-11(15)12-8-10/h4-5,8-9,14H,1-3,6-7H2,(H,12,15). The second-order valence-corrected chi connectivity index (χ2v) is 6.20. The van der Waals surface area contributed by atoms with Gasteiger partial charge in [0.2, 0.25) is 15.6 Å². The molecule has 1 aliphatic carbocycles. The fraction of sp³-hybridized carbons (Fsp3) is 0.545. The Bertz CT molecular complexity index is 542. The summed E-state index contributed by atoms with van der Waals surface area (Å²) in [7, 11) is -3.64. The molecule has 7 heteroatoms. The summed E-state index contributed by atoms with van der Waals surface area (Å²) in [4.78, 5) is 13.4. The van der Waals surface area contributed by atoms with Gasteiger partial charge in [0.1, 0.15) is 0 Å². The first kappa shape index (κ1) is 13.3. The summed E-state index contributed by atoms with van der Waals surface area (Å²) in [5, 5.41) is 9.00. The predicted molar refractivity (Wildman–Crippen MR) is 65.7 cm³/mol. The van der Waals surface area contributed by atoms with Crippen LogP contribution in [0.25, 0.3) is 0 Å². The van der Waals surface area contributed by atoms with E-state index in [9.17, 15) is 13.2 Å². The Morgan fingerprint density at radius 1 is 1.39 bits per heavy atom. The molecule has 0 saturated heterocycles. The Labute approximate surface area is 105 Å². The average Bonchev–Trinajstić information content (AvgIpc) is 2.26. The van der Waals surface area contributed by atoms with Gasteiger partial charge in [-0.15, -0.1) is 0 Å². The summed E-state index contributed by atoms with van der Waals surface area (Å²) in [6.45, 7) is -0.120. The zero-order valence-corrected chi connectivity index (χ0v) is 10.7. The number of aliphatic hydroxyl groups excluding tert-OH is 1. The molecule has 0 amide bonds. The van der Waals surface area contributed by atoms with E-state index in [-0.39, 0.29) is 29.6 Å². The van der Waals surface area contributed by atoms with Gasteiger partial charge in [0, 0.05) is 24.8 Å².